The molecule has 0 radical (unpaired) electrons. The first kappa shape index (κ1) is 12.2. The Morgan fingerprint density at radius 1 is 1.60 bits per heavy atom. The fourth-order valence-corrected chi connectivity index (χ4v) is 1.60. The normalized spacial score (nSPS) is 15.2. The second-order valence-corrected chi connectivity index (χ2v) is 3.90. The first-order valence-electron chi connectivity index (χ1n) is 5.40. The fourth-order valence-electron chi connectivity index (χ4n) is 1.60. The van der Waals surface area contributed by atoms with Crippen molar-refractivity contribution in [1.82, 2.24) is 15.1 Å². The van der Waals surface area contributed by atoms with Crippen molar-refractivity contribution in [3.63, 3.8) is 0 Å². The van der Waals surface area contributed by atoms with E-state index in [-0.39, 0.29) is 0 Å². The van der Waals surface area contributed by atoms with Gasteiger partial charge in [-0.1, -0.05) is 6.92 Å². The van der Waals surface area contributed by atoms with E-state index in [1.54, 1.807) is 7.11 Å². The molecule has 1 aromatic rings. The van der Waals surface area contributed by atoms with Crippen molar-refractivity contribution < 1.29 is 4.74 Å². The first-order valence-corrected chi connectivity index (χ1v) is 5.40. The van der Waals surface area contributed by atoms with Crippen LogP contribution in [-0.2, 0) is 11.8 Å². The molecule has 1 heterocycles. The lowest BCUT2D eigenvalue weighted by Crippen LogP contribution is -2.34. The van der Waals surface area contributed by atoms with Gasteiger partial charge in [0.1, 0.15) is 0 Å². The van der Waals surface area contributed by atoms with Crippen LogP contribution in [0.4, 0.5) is 0 Å². The molecule has 2 atom stereocenters. The van der Waals surface area contributed by atoms with Crippen LogP contribution in [-0.4, -0.2) is 29.5 Å². The molecule has 0 bridgehead atoms. The van der Waals surface area contributed by atoms with E-state index in [0.29, 0.717) is 12.1 Å². The molecular formula is C11H21N3O. The number of methoxy groups -OCH3 is 1. The summed E-state index contributed by atoms with van der Waals surface area (Å²) in [6.45, 7) is 5.06. The molecule has 0 saturated heterocycles. The zero-order valence-electron chi connectivity index (χ0n) is 10.0. The van der Waals surface area contributed by atoms with Crippen molar-refractivity contribution in [2.45, 2.75) is 32.4 Å². The van der Waals surface area contributed by atoms with Gasteiger partial charge >= 0.3 is 0 Å². The Morgan fingerprint density at radius 3 is 2.80 bits per heavy atom. The van der Waals surface area contributed by atoms with Crippen LogP contribution >= 0.6 is 0 Å². The van der Waals surface area contributed by atoms with Gasteiger partial charge in [-0.05, 0) is 13.3 Å². The third-order valence-electron chi connectivity index (χ3n) is 2.57. The third-order valence-corrected chi connectivity index (χ3v) is 2.57. The molecule has 0 aromatic carbocycles. The van der Waals surface area contributed by atoms with Gasteiger partial charge in [0.25, 0.3) is 0 Å². The highest BCUT2D eigenvalue weighted by Gasteiger charge is 2.12. The van der Waals surface area contributed by atoms with Gasteiger partial charge in [0.05, 0.1) is 12.8 Å². The molecule has 4 nitrogen and oxygen atoms in total. The third kappa shape index (κ3) is 3.64. The minimum Gasteiger partial charge on any atom is -0.383 e. The molecule has 1 N–H and O–H groups in total. The molecule has 15 heavy (non-hydrogen) atoms. The predicted octanol–water partition coefficient (Wildman–Crippen LogP) is 1.50. The highest BCUT2D eigenvalue weighted by Crippen LogP contribution is 2.12. The highest BCUT2D eigenvalue weighted by molar-refractivity contribution is 5.09. The number of nitrogens with one attached hydrogen (secondary N) is 1. The second-order valence-electron chi connectivity index (χ2n) is 3.90. The summed E-state index contributed by atoms with van der Waals surface area (Å²) in [7, 11) is 3.67. The first-order chi connectivity index (χ1) is 7.17. The van der Waals surface area contributed by atoms with Gasteiger partial charge in [0, 0.05) is 38.0 Å². The Morgan fingerprint density at radius 2 is 2.33 bits per heavy atom. The smallest absolute Gasteiger partial charge is 0.0615 e. The number of aromatic nitrogens is 2. The van der Waals surface area contributed by atoms with Gasteiger partial charge in [0.2, 0.25) is 0 Å². The van der Waals surface area contributed by atoms with Crippen molar-refractivity contribution in [3.8, 4) is 0 Å². The monoisotopic (exact) mass is 211 g/mol. The van der Waals surface area contributed by atoms with Crippen molar-refractivity contribution in [3.05, 3.63) is 18.0 Å². The topological polar surface area (TPSA) is 39.1 Å². The van der Waals surface area contributed by atoms with Crippen LogP contribution in [0.15, 0.2) is 12.4 Å². The lowest BCUT2D eigenvalue weighted by Gasteiger charge is -2.20. The summed E-state index contributed by atoms with van der Waals surface area (Å²) in [6.07, 6.45) is 5.01. The van der Waals surface area contributed by atoms with Crippen molar-refractivity contribution in [1.29, 1.82) is 0 Å². The van der Waals surface area contributed by atoms with Crippen LogP contribution in [0.25, 0.3) is 0 Å². The number of ether oxygens (including phenoxy) is 1. The van der Waals surface area contributed by atoms with E-state index >= 15 is 0 Å². The van der Waals surface area contributed by atoms with E-state index in [0.717, 1.165) is 13.0 Å². The molecule has 0 aliphatic carbocycles. The van der Waals surface area contributed by atoms with E-state index in [9.17, 15) is 0 Å². The maximum absolute atomic E-state index is 5.15. The SMILES string of the molecule is CC[C@H](COC)N[C@H](C)c1cnn(C)c1. The zero-order chi connectivity index (χ0) is 11.3. The predicted molar refractivity (Wildman–Crippen MR) is 60.7 cm³/mol. The van der Waals surface area contributed by atoms with Crippen LogP contribution < -0.4 is 5.32 Å². The van der Waals surface area contributed by atoms with Gasteiger partial charge in [-0.25, -0.2) is 0 Å². The van der Waals surface area contributed by atoms with Crippen molar-refractivity contribution >= 4 is 0 Å². The zero-order valence-corrected chi connectivity index (χ0v) is 10.0. The summed E-state index contributed by atoms with van der Waals surface area (Å²) in [5.41, 5.74) is 1.21. The lowest BCUT2D eigenvalue weighted by molar-refractivity contribution is 0.159. The summed E-state index contributed by atoms with van der Waals surface area (Å²) in [6, 6.07) is 0.726. The van der Waals surface area contributed by atoms with Crippen LogP contribution in [0, 0.1) is 0 Å². The minimum absolute atomic E-state index is 0.318. The molecule has 0 aliphatic heterocycles. The number of aryl methyl sites for hydroxylation is 1. The molecule has 0 aliphatic rings. The molecule has 1 rings (SSSR count). The van der Waals surface area contributed by atoms with Gasteiger partial charge < -0.3 is 10.1 Å². The molecule has 0 unspecified atom stereocenters. The van der Waals surface area contributed by atoms with Crippen molar-refractivity contribution in [2.24, 2.45) is 7.05 Å². The van der Waals surface area contributed by atoms with Gasteiger partial charge in [-0.3, -0.25) is 4.68 Å². The van der Waals surface area contributed by atoms with Crippen LogP contribution in [0.1, 0.15) is 31.9 Å². The minimum atomic E-state index is 0.318. The standard InChI is InChI=1S/C11H21N3O/c1-5-11(8-15-4)13-9(2)10-6-12-14(3)7-10/h6-7,9,11,13H,5,8H2,1-4H3/t9-,11-/m1/s1. The Kier molecular flexibility index (Phi) is 4.78. The van der Waals surface area contributed by atoms with Gasteiger partial charge in [-0.2, -0.15) is 5.10 Å². The summed E-state index contributed by atoms with van der Waals surface area (Å²) in [5.74, 6) is 0. The average Bonchev–Trinajstić information content (AvgIpc) is 2.64. The summed E-state index contributed by atoms with van der Waals surface area (Å²) >= 11 is 0. The quantitative estimate of drug-likeness (QED) is 0.775. The maximum atomic E-state index is 5.15. The Bertz CT molecular complexity index is 285. The van der Waals surface area contributed by atoms with Crippen molar-refractivity contribution in [2.75, 3.05) is 13.7 Å². The van der Waals surface area contributed by atoms with E-state index in [1.807, 2.05) is 24.1 Å². The maximum Gasteiger partial charge on any atom is 0.0615 e. The molecule has 0 spiro atoms. The average molecular weight is 211 g/mol. The Balaban J connectivity index is 2.50. The molecule has 4 heteroatoms. The molecular weight excluding hydrogens is 190 g/mol. The molecule has 1 aromatic heterocycles. The number of hydrogen-bond donors (Lipinski definition) is 1. The second kappa shape index (κ2) is 5.88. The van der Waals surface area contributed by atoms with E-state index < -0.39 is 0 Å². The highest BCUT2D eigenvalue weighted by atomic mass is 16.5. The Hall–Kier alpha value is -0.870. The molecule has 0 amide bonds. The number of rotatable bonds is 6. The van der Waals surface area contributed by atoms with Crippen LogP contribution in [0.3, 0.4) is 0 Å². The molecule has 0 saturated carbocycles. The summed E-state index contributed by atoms with van der Waals surface area (Å²) in [4.78, 5) is 0. The van der Waals surface area contributed by atoms with Gasteiger partial charge in [0.15, 0.2) is 0 Å². The molecule has 86 valence electrons. The number of hydrogen-bond acceptors (Lipinski definition) is 3. The molecule has 0 fully saturated rings. The number of nitrogens with zero attached hydrogens (tertiary/aromatic N) is 2. The summed E-state index contributed by atoms with van der Waals surface area (Å²) in [5, 5.41) is 7.68. The van der Waals surface area contributed by atoms with E-state index in [4.69, 9.17) is 4.74 Å². The van der Waals surface area contributed by atoms with E-state index in [1.165, 1.54) is 5.56 Å². The van der Waals surface area contributed by atoms with E-state index in [2.05, 4.69) is 24.3 Å². The van der Waals surface area contributed by atoms with Crippen LogP contribution in [0.5, 0.6) is 0 Å². The lowest BCUT2D eigenvalue weighted by atomic mass is 10.1. The van der Waals surface area contributed by atoms with Gasteiger partial charge in [-0.15, -0.1) is 0 Å². The largest absolute Gasteiger partial charge is 0.383 e. The summed E-state index contributed by atoms with van der Waals surface area (Å²) < 4.78 is 6.98. The fraction of sp³-hybridized carbons (Fsp3) is 0.727. The van der Waals surface area contributed by atoms with Crippen LogP contribution in [0.2, 0.25) is 0 Å². The Labute approximate surface area is 91.6 Å².